The first kappa shape index (κ1) is 19.7. The fourth-order valence-electron chi connectivity index (χ4n) is 3.24. The van der Waals surface area contributed by atoms with Crippen molar-refractivity contribution in [2.75, 3.05) is 20.2 Å². The average molecular weight is 407 g/mol. The van der Waals surface area contributed by atoms with E-state index in [-0.39, 0.29) is 19.5 Å². The van der Waals surface area contributed by atoms with E-state index in [1.807, 2.05) is 0 Å². The van der Waals surface area contributed by atoms with Gasteiger partial charge in [0, 0.05) is 22.2 Å². The number of primary amides is 1. The molecule has 3 rings (SSSR count). The largest absolute Gasteiger partial charge is 0.494 e. The molecule has 0 spiro atoms. The van der Waals surface area contributed by atoms with E-state index in [1.165, 1.54) is 18.2 Å². The Morgan fingerprint density at radius 1 is 1.43 bits per heavy atom. The van der Waals surface area contributed by atoms with E-state index in [2.05, 4.69) is 10.3 Å². The number of carbonyl (C=O) groups is 3. The van der Waals surface area contributed by atoms with Crippen molar-refractivity contribution >= 4 is 40.6 Å². The molecular formula is C18H19ClN4O5. The number of nitrogens with two attached hydrogens (primary N) is 1. The Labute approximate surface area is 165 Å². The van der Waals surface area contributed by atoms with Crippen LogP contribution >= 0.6 is 11.6 Å². The number of ether oxygens (including phenoxy) is 2. The van der Waals surface area contributed by atoms with Gasteiger partial charge in [-0.2, -0.15) is 0 Å². The van der Waals surface area contributed by atoms with Crippen LogP contribution in [0.4, 0.5) is 0 Å². The third-order valence-corrected chi connectivity index (χ3v) is 4.76. The molecule has 1 aliphatic rings. The second-order valence-corrected chi connectivity index (χ2v) is 6.70. The molecule has 1 fully saturated rings. The number of aromatic nitrogens is 1. The normalized spacial score (nSPS) is 18.7. The lowest BCUT2D eigenvalue weighted by Gasteiger charge is -2.21. The van der Waals surface area contributed by atoms with E-state index in [9.17, 15) is 14.4 Å². The fraction of sp³-hybridized carbons (Fsp3) is 0.333. The van der Waals surface area contributed by atoms with E-state index in [4.69, 9.17) is 26.8 Å². The van der Waals surface area contributed by atoms with Crippen LogP contribution in [0.2, 0.25) is 5.02 Å². The molecular weight excluding hydrogens is 388 g/mol. The predicted octanol–water partition coefficient (Wildman–Crippen LogP) is 0.476. The molecule has 0 bridgehead atoms. The van der Waals surface area contributed by atoms with E-state index in [0.29, 0.717) is 28.4 Å². The van der Waals surface area contributed by atoms with Gasteiger partial charge < -0.3 is 25.4 Å². The molecule has 3 amide bonds. The molecule has 1 unspecified atom stereocenters. The maximum atomic E-state index is 12.2. The van der Waals surface area contributed by atoms with Crippen LogP contribution in [0.5, 0.6) is 11.6 Å². The number of pyridine rings is 1. The number of nitrogens with one attached hydrogen (secondary N) is 1. The molecule has 3 N–H and O–H groups in total. The number of nitrogens with zero attached hydrogens (tertiary/aromatic N) is 2. The van der Waals surface area contributed by atoms with Gasteiger partial charge in [-0.15, -0.1) is 0 Å². The Morgan fingerprint density at radius 3 is 2.89 bits per heavy atom. The summed E-state index contributed by atoms with van der Waals surface area (Å²) in [6.45, 7) is -0.0813. The predicted molar refractivity (Wildman–Crippen MR) is 101 cm³/mol. The van der Waals surface area contributed by atoms with Crippen molar-refractivity contribution in [2.24, 2.45) is 5.73 Å². The first-order chi connectivity index (χ1) is 13.4. The van der Waals surface area contributed by atoms with Gasteiger partial charge in [-0.05, 0) is 18.2 Å². The summed E-state index contributed by atoms with van der Waals surface area (Å²) >= 11 is 6.11. The number of carbonyl (C=O) groups excluding carboxylic acids is 3. The summed E-state index contributed by atoms with van der Waals surface area (Å²) in [5.74, 6) is -0.178. The van der Waals surface area contributed by atoms with Crippen LogP contribution in [-0.4, -0.2) is 60.5 Å². The van der Waals surface area contributed by atoms with Gasteiger partial charge in [0.25, 0.3) is 0 Å². The number of benzene rings is 1. The van der Waals surface area contributed by atoms with Crippen LogP contribution in [0.3, 0.4) is 0 Å². The van der Waals surface area contributed by atoms with Gasteiger partial charge in [-0.25, -0.2) is 4.98 Å². The minimum Gasteiger partial charge on any atom is -0.494 e. The molecule has 1 aromatic heterocycles. The molecule has 2 atom stereocenters. The van der Waals surface area contributed by atoms with E-state index in [0.717, 1.165) is 5.39 Å². The average Bonchev–Trinajstić information content (AvgIpc) is 3.10. The monoisotopic (exact) mass is 406 g/mol. The van der Waals surface area contributed by atoms with E-state index in [1.54, 1.807) is 18.2 Å². The highest BCUT2D eigenvalue weighted by atomic mass is 35.5. The number of hydrogen-bond acceptors (Lipinski definition) is 6. The minimum atomic E-state index is -0.820. The molecule has 9 nitrogen and oxygen atoms in total. The lowest BCUT2D eigenvalue weighted by Crippen LogP contribution is -2.46. The standard InChI is InChI=1S/C18H19ClN4O5/c1-27-15-6-22-18(13-4-10(19)2-3-12(13)15)28-11-5-14(17(20)26)23(8-11)16(25)7-21-9-24/h2-4,6,9,11,14H,5,7-8H2,1H3,(H2,20,26)(H,21,24)/t11-,14?/m1/s1. The number of halogens is 1. The molecule has 1 saturated heterocycles. The summed E-state index contributed by atoms with van der Waals surface area (Å²) in [5.41, 5.74) is 5.43. The molecule has 0 aliphatic carbocycles. The third-order valence-electron chi connectivity index (χ3n) is 4.52. The van der Waals surface area contributed by atoms with Gasteiger partial charge in [0.05, 0.1) is 26.4 Å². The number of rotatable bonds is 7. The van der Waals surface area contributed by atoms with Gasteiger partial charge in [0.1, 0.15) is 17.9 Å². The lowest BCUT2D eigenvalue weighted by molar-refractivity contribution is -0.137. The fourth-order valence-corrected chi connectivity index (χ4v) is 3.41. The molecule has 0 radical (unpaired) electrons. The highest BCUT2D eigenvalue weighted by Gasteiger charge is 2.39. The molecule has 1 aliphatic heterocycles. The highest BCUT2D eigenvalue weighted by molar-refractivity contribution is 6.31. The summed E-state index contributed by atoms with van der Waals surface area (Å²) in [6, 6.07) is 4.42. The zero-order valence-corrected chi connectivity index (χ0v) is 15.8. The van der Waals surface area contributed by atoms with Crippen LogP contribution in [0.1, 0.15) is 6.42 Å². The van der Waals surface area contributed by atoms with Crippen molar-refractivity contribution in [1.29, 1.82) is 0 Å². The minimum absolute atomic E-state index is 0.142. The molecule has 1 aromatic carbocycles. The van der Waals surface area contributed by atoms with Gasteiger partial charge in [-0.3, -0.25) is 14.4 Å². The summed E-state index contributed by atoms with van der Waals surface area (Å²) in [6.07, 6.45) is 1.67. The van der Waals surface area contributed by atoms with Crippen LogP contribution in [0.25, 0.3) is 10.8 Å². The van der Waals surface area contributed by atoms with Gasteiger partial charge in [0.15, 0.2) is 0 Å². The SMILES string of the molecule is COc1cnc(O[C@@H]2CC(C(N)=O)N(C(=O)CNC=O)C2)c2cc(Cl)ccc12. The Bertz CT molecular complexity index is 922. The molecule has 0 saturated carbocycles. The molecule has 2 heterocycles. The Balaban J connectivity index is 1.86. The number of amides is 3. The summed E-state index contributed by atoms with van der Waals surface area (Å²) in [4.78, 5) is 40.0. The van der Waals surface area contributed by atoms with Crippen molar-refractivity contribution in [3.63, 3.8) is 0 Å². The lowest BCUT2D eigenvalue weighted by atomic mass is 10.1. The zero-order chi connectivity index (χ0) is 20.3. The van der Waals surface area contributed by atoms with E-state index >= 15 is 0 Å². The highest BCUT2D eigenvalue weighted by Crippen LogP contribution is 2.34. The smallest absolute Gasteiger partial charge is 0.242 e. The maximum Gasteiger partial charge on any atom is 0.242 e. The Morgan fingerprint density at radius 2 is 2.21 bits per heavy atom. The van der Waals surface area contributed by atoms with Crippen molar-refractivity contribution < 1.29 is 23.9 Å². The van der Waals surface area contributed by atoms with Crippen LogP contribution in [-0.2, 0) is 14.4 Å². The summed E-state index contributed by atoms with van der Waals surface area (Å²) in [7, 11) is 1.54. The van der Waals surface area contributed by atoms with E-state index < -0.39 is 24.0 Å². The zero-order valence-electron chi connectivity index (χ0n) is 15.1. The molecule has 28 heavy (non-hydrogen) atoms. The quantitative estimate of drug-likeness (QED) is 0.644. The number of methoxy groups -OCH3 is 1. The van der Waals surface area contributed by atoms with Crippen LogP contribution in [0.15, 0.2) is 24.4 Å². The van der Waals surface area contributed by atoms with Crippen molar-refractivity contribution in [3.8, 4) is 11.6 Å². The maximum absolute atomic E-state index is 12.2. The van der Waals surface area contributed by atoms with Crippen molar-refractivity contribution in [2.45, 2.75) is 18.6 Å². The van der Waals surface area contributed by atoms with Gasteiger partial charge >= 0.3 is 0 Å². The van der Waals surface area contributed by atoms with Crippen LogP contribution in [0, 0.1) is 0 Å². The van der Waals surface area contributed by atoms with Crippen molar-refractivity contribution in [1.82, 2.24) is 15.2 Å². The molecule has 148 valence electrons. The second-order valence-electron chi connectivity index (χ2n) is 6.26. The Hall–Kier alpha value is -3.07. The first-order valence-corrected chi connectivity index (χ1v) is 8.87. The first-order valence-electron chi connectivity index (χ1n) is 8.49. The third kappa shape index (κ3) is 3.94. The van der Waals surface area contributed by atoms with Gasteiger partial charge in [-0.1, -0.05) is 11.6 Å². The topological polar surface area (TPSA) is 124 Å². The summed E-state index contributed by atoms with van der Waals surface area (Å²) in [5, 5.41) is 4.21. The number of fused-ring (bicyclic) bond motifs is 1. The van der Waals surface area contributed by atoms with Crippen LogP contribution < -0.4 is 20.5 Å². The Kier molecular flexibility index (Phi) is 5.84. The van der Waals surface area contributed by atoms with Crippen molar-refractivity contribution in [3.05, 3.63) is 29.4 Å². The van der Waals surface area contributed by atoms with Gasteiger partial charge in [0.2, 0.25) is 24.1 Å². The molecule has 2 aromatic rings. The number of likely N-dealkylation sites (tertiary alicyclic amines) is 1. The molecule has 10 heteroatoms. The summed E-state index contributed by atoms with van der Waals surface area (Å²) < 4.78 is 11.3. The second kappa shape index (κ2) is 8.30. The number of hydrogen-bond donors (Lipinski definition) is 2.